The number of para-hydroxylation sites is 1. The van der Waals surface area contributed by atoms with Crippen LogP contribution in [0.2, 0.25) is 0 Å². The number of benzene rings is 1. The quantitative estimate of drug-likeness (QED) is 0.644. The van der Waals surface area contributed by atoms with Crippen LogP contribution in [0.25, 0.3) is 0 Å². The second-order valence-electron chi connectivity index (χ2n) is 3.93. The second-order valence-corrected chi connectivity index (χ2v) is 4.88. The first-order valence-electron chi connectivity index (χ1n) is 5.83. The number of carbonyl (C=O) groups excluding carboxylic acids is 2. The summed E-state index contributed by atoms with van der Waals surface area (Å²) in [5.74, 6) is -0.443. The van der Waals surface area contributed by atoms with Gasteiger partial charge in [-0.1, -0.05) is 30.0 Å². The number of phenolic OH excluding ortho intramolecular Hbond substituents is 1. The van der Waals surface area contributed by atoms with Crippen LogP contribution in [-0.4, -0.2) is 39.3 Å². The van der Waals surface area contributed by atoms with E-state index in [2.05, 4.69) is 17.1 Å². The minimum Gasteiger partial charge on any atom is -0.507 e. The number of amidine groups is 1. The monoisotopic (exact) mass is 291 g/mol. The van der Waals surface area contributed by atoms with Crippen molar-refractivity contribution in [2.75, 3.05) is 12.3 Å². The lowest BCUT2D eigenvalue weighted by atomic mass is 10.2. The van der Waals surface area contributed by atoms with E-state index >= 15 is 0 Å². The molecule has 1 aromatic rings. The van der Waals surface area contributed by atoms with E-state index in [1.54, 1.807) is 18.2 Å². The topological polar surface area (TPSA) is 82.0 Å². The van der Waals surface area contributed by atoms with Crippen LogP contribution >= 0.6 is 11.8 Å². The molecule has 0 spiro atoms. The average Bonchev–Trinajstić information content (AvgIpc) is 2.78. The first-order valence-corrected chi connectivity index (χ1v) is 6.82. The van der Waals surface area contributed by atoms with Gasteiger partial charge in [0.25, 0.3) is 5.91 Å². The maximum absolute atomic E-state index is 11.9. The van der Waals surface area contributed by atoms with Crippen LogP contribution in [0, 0.1) is 0 Å². The molecule has 0 aromatic heterocycles. The molecule has 1 saturated heterocycles. The first kappa shape index (κ1) is 14.1. The Morgan fingerprint density at radius 2 is 2.30 bits per heavy atom. The molecule has 20 heavy (non-hydrogen) atoms. The Balaban J connectivity index is 2.09. The highest BCUT2D eigenvalue weighted by Gasteiger charge is 2.27. The maximum atomic E-state index is 11.9. The third-order valence-electron chi connectivity index (χ3n) is 2.57. The van der Waals surface area contributed by atoms with Gasteiger partial charge < -0.3 is 5.11 Å². The summed E-state index contributed by atoms with van der Waals surface area (Å²) < 4.78 is 0. The number of aromatic hydroxyl groups is 1. The second kappa shape index (κ2) is 6.25. The molecule has 2 rings (SSSR count). The number of phenols is 1. The summed E-state index contributed by atoms with van der Waals surface area (Å²) in [7, 11) is 0. The molecule has 7 heteroatoms. The molecule has 104 valence electrons. The average molecular weight is 291 g/mol. The molecule has 2 N–H and O–H groups in total. The zero-order valence-corrected chi connectivity index (χ0v) is 11.4. The highest BCUT2D eigenvalue weighted by atomic mass is 32.2. The van der Waals surface area contributed by atoms with Gasteiger partial charge >= 0.3 is 0 Å². The Bertz CT molecular complexity index is 586. The number of nitrogens with one attached hydrogen (secondary N) is 1. The molecule has 0 saturated carbocycles. The molecular formula is C13H13N3O3S. The van der Waals surface area contributed by atoms with Crippen molar-refractivity contribution >= 4 is 28.7 Å². The number of hydrazone groups is 1. The van der Waals surface area contributed by atoms with Gasteiger partial charge in [-0.2, -0.15) is 0 Å². The third kappa shape index (κ3) is 3.00. The van der Waals surface area contributed by atoms with E-state index in [0.29, 0.717) is 17.5 Å². The molecule has 0 radical (unpaired) electrons. The number of hydrogen-bond acceptors (Lipinski definition) is 5. The van der Waals surface area contributed by atoms with Gasteiger partial charge in [-0.15, -0.1) is 11.7 Å². The van der Waals surface area contributed by atoms with Crippen molar-refractivity contribution in [1.29, 1.82) is 0 Å². The molecule has 1 heterocycles. The lowest BCUT2D eigenvalue weighted by Crippen LogP contribution is -2.31. The molecule has 0 bridgehead atoms. The van der Waals surface area contributed by atoms with Gasteiger partial charge in [-0.3, -0.25) is 14.5 Å². The van der Waals surface area contributed by atoms with E-state index in [-0.39, 0.29) is 17.2 Å². The van der Waals surface area contributed by atoms with Gasteiger partial charge in [0.2, 0.25) is 5.91 Å². The van der Waals surface area contributed by atoms with E-state index in [4.69, 9.17) is 0 Å². The smallest absolute Gasteiger partial charge is 0.275 e. The minimum absolute atomic E-state index is 0.0783. The summed E-state index contributed by atoms with van der Waals surface area (Å²) in [6, 6.07) is 6.16. The van der Waals surface area contributed by atoms with Crippen molar-refractivity contribution in [3.8, 4) is 5.75 Å². The van der Waals surface area contributed by atoms with E-state index in [9.17, 15) is 14.7 Å². The number of thioether (sulfide) groups is 1. The highest BCUT2D eigenvalue weighted by Crippen LogP contribution is 2.19. The lowest BCUT2D eigenvalue weighted by Gasteiger charge is -2.12. The van der Waals surface area contributed by atoms with Crippen LogP contribution < -0.4 is 5.43 Å². The van der Waals surface area contributed by atoms with E-state index in [1.165, 1.54) is 28.8 Å². The molecule has 0 atom stereocenters. The normalized spacial score (nSPS) is 16.5. The van der Waals surface area contributed by atoms with Crippen molar-refractivity contribution in [2.45, 2.75) is 0 Å². The van der Waals surface area contributed by atoms with Crippen molar-refractivity contribution in [2.24, 2.45) is 5.10 Å². The van der Waals surface area contributed by atoms with Crippen LogP contribution in [0.4, 0.5) is 0 Å². The molecular weight excluding hydrogens is 278 g/mol. The summed E-state index contributed by atoms with van der Waals surface area (Å²) in [6.45, 7) is 3.91. The highest BCUT2D eigenvalue weighted by molar-refractivity contribution is 8.15. The molecule has 1 fully saturated rings. The summed E-state index contributed by atoms with van der Waals surface area (Å²) in [5, 5.41) is 13.9. The summed E-state index contributed by atoms with van der Waals surface area (Å²) in [5.41, 5.74) is 2.46. The standard InChI is InChI=1S/C13H13N3O3S/c1-2-7-16-11(18)8-20-13(16)15-14-12(19)9-5-3-4-6-10(9)17/h2-6,17H,1,7-8H2,(H,14,19)/b15-13+. The largest absolute Gasteiger partial charge is 0.507 e. The minimum atomic E-state index is -0.533. The van der Waals surface area contributed by atoms with Crippen molar-refractivity contribution in [1.82, 2.24) is 10.3 Å². The fourth-order valence-corrected chi connectivity index (χ4v) is 2.47. The fraction of sp³-hybridized carbons (Fsp3) is 0.154. The molecule has 1 aliphatic heterocycles. The van der Waals surface area contributed by atoms with E-state index in [0.717, 1.165) is 0 Å². The zero-order chi connectivity index (χ0) is 14.5. The van der Waals surface area contributed by atoms with Gasteiger partial charge in [0.05, 0.1) is 11.3 Å². The number of nitrogens with zero attached hydrogens (tertiary/aromatic N) is 2. The van der Waals surface area contributed by atoms with Crippen LogP contribution in [-0.2, 0) is 4.79 Å². The molecule has 2 amide bonds. The molecule has 6 nitrogen and oxygen atoms in total. The molecule has 0 unspecified atom stereocenters. The number of carbonyl (C=O) groups is 2. The molecule has 1 aliphatic rings. The van der Waals surface area contributed by atoms with Gasteiger partial charge in [0, 0.05) is 6.54 Å². The van der Waals surface area contributed by atoms with Gasteiger partial charge in [-0.05, 0) is 12.1 Å². The summed E-state index contributed by atoms with van der Waals surface area (Å²) in [4.78, 5) is 24.9. The van der Waals surface area contributed by atoms with Gasteiger partial charge in [0.1, 0.15) is 5.75 Å². The van der Waals surface area contributed by atoms with Gasteiger partial charge in [-0.25, -0.2) is 5.43 Å². The van der Waals surface area contributed by atoms with E-state index in [1.807, 2.05) is 0 Å². The van der Waals surface area contributed by atoms with Crippen molar-refractivity contribution < 1.29 is 14.7 Å². The molecule has 0 aliphatic carbocycles. The summed E-state index contributed by atoms with van der Waals surface area (Å²) >= 11 is 1.24. The Kier molecular flexibility index (Phi) is 4.41. The number of rotatable bonds is 4. The Hall–Kier alpha value is -2.28. The van der Waals surface area contributed by atoms with Crippen molar-refractivity contribution in [3.63, 3.8) is 0 Å². The van der Waals surface area contributed by atoms with E-state index < -0.39 is 5.91 Å². The van der Waals surface area contributed by atoms with Crippen LogP contribution in [0.3, 0.4) is 0 Å². The first-order chi connectivity index (χ1) is 9.63. The summed E-state index contributed by atoms with van der Waals surface area (Å²) in [6.07, 6.45) is 1.59. The predicted molar refractivity (Wildman–Crippen MR) is 77.4 cm³/mol. The van der Waals surface area contributed by atoms with Crippen LogP contribution in [0.5, 0.6) is 5.75 Å². The van der Waals surface area contributed by atoms with Gasteiger partial charge in [0.15, 0.2) is 5.17 Å². The molecule has 1 aromatic carbocycles. The van der Waals surface area contributed by atoms with Crippen molar-refractivity contribution in [3.05, 3.63) is 42.5 Å². The zero-order valence-electron chi connectivity index (χ0n) is 10.6. The fourth-order valence-electron chi connectivity index (χ4n) is 1.61. The maximum Gasteiger partial charge on any atom is 0.275 e. The SMILES string of the molecule is C=CCN1C(=O)CS/C1=N/NC(=O)c1ccccc1O. The predicted octanol–water partition coefficient (Wildman–Crippen LogP) is 1.15. The Morgan fingerprint density at radius 3 is 3.00 bits per heavy atom. The lowest BCUT2D eigenvalue weighted by molar-refractivity contribution is -0.123. The van der Waals surface area contributed by atoms with Crippen LogP contribution in [0.1, 0.15) is 10.4 Å². The Morgan fingerprint density at radius 1 is 1.55 bits per heavy atom. The third-order valence-corrected chi connectivity index (χ3v) is 3.53. The number of hydrogen-bond donors (Lipinski definition) is 2. The number of amides is 2. The Labute approximate surface area is 120 Å². The van der Waals surface area contributed by atoms with Crippen LogP contribution in [0.15, 0.2) is 42.0 Å².